The SMILES string of the molecule is OCC1=CC=C[AsH]1. The molecule has 1 heterocycles. The average Bonchev–Trinajstić information content (AvgIpc) is 2.14. The summed E-state index contributed by atoms with van der Waals surface area (Å²) >= 11 is -0.00694. The van der Waals surface area contributed by atoms with Crippen molar-refractivity contribution in [2.24, 2.45) is 0 Å². The van der Waals surface area contributed by atoms with Gasteiger partial charge >= 0.3 is 48.8 Å². The molecule has 0 radical (unpaired) electrons. The molecule has 0 bridgehead atoms. The van der Waals surface area contributed by atoms with Gasteiger partial charge < -0.3 is 0 Å². The molecule has 1 nitrogen and oxygen atoms in total. The monoisotopic (exact) mass is 158 g/mol. The molecule has 0 aromatic rings. The molecule has 2 heteroatoms. The minimum absolute atomic E-state index is 0.00694. The zero-order valence-electron chi connectivity index (χ0n) is 3.89. The van der Waals surface area contributed by atoms with E-state index in [1.807, 2.05) is 12.2 Å². The van der Waals surface area contributed by atoms with E-state index in [0.717, 1.165) is 0 Å². The van der Waals surface area contributed by atoms with E-state index in [-0.39, 0.29) is 22.4 Å². The van der Waals surface area contributed by atoms with E-state index in [4.69, 9.17) is 5.11 Å². The number of allylic oxidation sites excluding steroid dienone is 2. The third-order valence-corrected chi connectivity index (χ3v) is 3.05. The predicted octanol–water partition coefficient (Wildman–Crippen LogP) is -0.174. The summed E-state index contributed by atoms with van der Waals surface area (Å²) in [5.74, 6) is 0. The first-order chi connectivity index (χ1) is 3.43. The molecule has 0 spiro atoms. The maximum absolute atomic E-state index is 8.49. The summed E-state index contributed by atoms with van der Waals surface area (Å²) in [4.78, 5) is 2.16. The Hall–Kier alpha value is -0.00156. The van der Waals surface area contributed by atoms with Gasteiger partial charge in [0.2, 0.25) is 0 Å². The topological polar surface area (TPSA) is 20.2 Å². The quantitative estimate of drug-likeness (QED) is 0.525. The Bertz CT molecular complexity index is 115. The summed E-state index contributed by atoms with van der Waals surface area (Å²) in [6.07, 6.45) is 4.02. The average molecular weight is 158 g/mol. The van der Waals surface area contributed by atoms with Gasteiger partial charge in [0.1, 0.15) is 0 Å². The van der Waals surface area contributed by atoms with Crippen molar-refractivity contribution in [1.29, 1.82) is 0 Å². The van der Waals surface area contributed by atoms with Crippen LogP contribution in [0.25, 0.3) is 0 Å². The van der Waals surface area contributed by atoms with Crippen LogP contribution in [0.5, 0.6) is 0 Å². The fourth-order valence-corrected chi connectivity index (χ4v) is 1.91. The van der Waals surface area contributed by atoms with E-state index < -0.39 is 0 Å². The summed E-state index contributed by atoms with van der Waals surface area (Å²) in [6.45, 7) is 0.271. The van der Waals surface area contributed by atoms with E-state index in [1.165, 1.54) is 4.36 Å². The van der Waals surface area contributed by atoms with Gasteiger partial charge in [-0.1, -0.05) is 0 Å². The molecule has 0 aromatic carbocycles. The number of aliphatic hydroxyl groups excluding tert-OH is 1. The van der Waals surface area contributed by atoms with Gasteiger partial charge in [-0.3, -0.25) is 0 Å². The Morgan fingerprint density at radius 2 is 2.57 bits per heavy atom. The molecule has 0 amide bonds. The molecular weight excluding hydrogens is 151 g/mol. The molecule has 1 N–H and O–H groups in total. The maximum atomic E-state index is 8.49. The van der Waals surface area contributed by atoms with Crippen LogP contribution in [-0.4, -0.2) is 27.5 Å². The van der Waals surface area contributed by atoms with Gasteiger partial charge in [-0.15, -0.1) is 0 Å². The zero-order chi connectivity index (χ0) is 5.11. The Balaban J connectivity index is 2.45. The number of hydrogen-bond donors (Lipinski definition) is 1. The van der Waals surface area contributed by atoms with Crippen LogP contribution in [0.1, 0.15) is 0 Å². The van der Waals surface area contributed by atoms with Crippen molar-refractivity contribution in [2.75, 3.05) is 6.61 Å². The van der Waals surface area contributed by atoms with Crippen LogP contribution in [0.4, 0.5) is 0 Å². The standard InChI is InChI=1S/C5H7AsO/c7-4-5-2-1-3-6-5/h1-3,6-7H,4H2. The normalized spacial score (nSPS) is 21.0. The van der Waals surface area contributed by atoms with Gasteiger partial charge in [-0.25, -0.2) is 0 Å². The van der Waals surface area contributed by atoms with Crippen LogP contribution in [0, 0.1) is 0 Å². The van der Waals surface area contributed by atoms with Crippen molar-refractivity contribution in [2.45, 2.75) is 0 Å². The van der Waals surface area contributed by atoms with Gasteiger partial charge in [-0.2, -0.15) is 0 Å². The minimum atomic E-state index is -0.00694. The third-order valence-electron chi connectivity index (χ3n) is 0.833. The second-order valence-corrected chi connectivity index (χ2v) is 4.01. The van der Waals surface area contributed by atoms with Crippen molar-refractivity contribution in [1.82, 2.24) is 0 Å². The van der Waals surface area contributed by atoms with Crippen molar-refractivity contribution in [3.8, 4) is 0 Å². The van der Waals surface area contributed by atoms with E-state index in [9.17, 15) is 0 Å². The van der Waals surface area contributed by atoms with Crippen molar-refractivity contribution in [3.63, 3.8) is 0 Å². The van der Waals surface area contributed by atoms with Crippen LogP contribution in [0.15, 0.2) is 21.4 Å². The second kappa shape index (κ2) is 2.34. The van der Waals surface area contributed by atoms with Crippen molar-refractivity contribution >= 4 is 15.8 Å². The van der Waals surface area contributed by atoms with Gasteiger partial charge in [0, 0.05) is 0 Å². The molecule has 1 unspecified atom stereocenters. The fourth-order valence-electron chi connectivity index (χ4n) is 0.466. The van der Waals surface area contributed by atoms with E-state index in [2.05, 4.69) is 4.86 Å². The van der Waals surface area contributed by atoms with E-state index in [1.54, 1.807) is 0 Å². The molecule has 0 aromatic heterocycles. The Labute approximate surface area is 49.4 Å². The molecule has 1 aliphatic rings. The van der Waals surface area contributed by atoms with Crippen LogP contribution in [0.2, 0.25) is 0 Å². The summed E-state index contributed by atoms with van der Waals surface area (Å²) in [6, 6.07) is 0. The molecule has 1 atom stereocenters. The first kappa shape index (κ1) is 5.14. The molecule has 0 saturated carbocycles. The van der Waals surface area contributed by atoms with Crippen LogP contribution in [-0.2, 0) is 0 Å². The van der Waals surface area contributed by atoms with Crippen molar-refractivity contribution in [3.05, 3.63) is 21.4 Å². The molecule has 1 aliphatic heterocycles. The Morgan fingerprint density at radius 1 is 1.71 bits per heavy atom. The summed E-state index contributed by atoms with van der Waals surface area (Å²) in [5.41, 5.74) is 0. The summed E-state index contributed by atoms with van der Waals surface area (Å²) in [5, 5.41) is 8.49. The van der Waals surface area contributed by atoms with Crippen LogP contribution in [0.3, 0.4) is 0 Å². The third kappa shape index (κ3) is 1.18. The van der Waals surface area contributed by atoms with E-state index >= 15 is 0 Å². The molecule has 0 saturated heterocycles. The molecule has 38 valence electrons. The molecule has 0 fully saturated rings. The molecule has 7 heavy (non-hydrogen) atoms. The number of aliphatic hydroxyl groups is 1. The summed E-state index contributed by atoms with van der Waals surface area (Å²) in [7, 11) is 0. The predicted molar refractivity (Wildman–Crippen MR) is 31.5 cm³/mol. The zero-order valence-corrected chi connectivity index (χ0v) is 5.98. The first-order valence-corrected chi connectivity index (χ1v) is 4.42. The molecule has 1 rings (SSSR count). The molecular formula is C5H7AsO. The number of hydrogen-bond acceptors (Lipinski definition) is 1. The van der Waals surface area contributed by atoms with Crippen LogP contribution < -0.4 is 0 Å². The second-order valence-electron chi connectivity index (χ2n) is 1.35. The Morgan fingerprint density at radius 3 is 2.86 bits per heavy atom. The fraction of sp³-hybridized carbons (Fsp3) is 0.200. The molecule has 0 aliphatic carbocycles. The van der Waals surface area contributed by atoms with Gasteiger partial charge in [-0.05, 0) is 0 Å². The van der Waals surface area contributed by atoms with Gasteiger partial charge in [0.25, 0.3) is 0 Å². The summed E-state index contributed by atoms with van der Waals surface area (Å²) < 4.78 is 1.24. The van der Waals surface area contributed by atoms with Crippen LogP contribution >= 0.6 is 0 Å². The van der Waals surface area contributed by atoms with Gasteiger partial charge in [0.05, 0.1) is 0 Å². The Kier molecular flexibility index (Phi) is 1.72. The van der Waals surface area contributed by atoms with Gasteiger partial charge in [0.15, 0.2) is 0 Å². The first-order valence-electron chi connectivity index (χ1n) is 2.16. The van der Waals surface area contributed by atoms with E-state index in [0.29, 0.717) is 0 Å². The van der Waals surface area contributed by atoms with Crippen molar-refractivity contribution < 1.29 is 5.11 Å². The number of rotatable bonds is 1.